The summed E-state index contributed by atoms with van der Waals surface area (Å²) in [6, 6.07) is 8.33. The highest BCUT2D eigenvalue weighted by molar-refractivity contribution is 7.30. The minimum atomic E-state index is -1.25. The largest absolute Gasteiger partial charge is 0.287 e. The van der Waals surface area contributed by atoms with Crippen LogP contribution in [0.1, 0.15) is 70.0 Å². The lowest BCUT2D eigenvalue weighted by Gasteiger charge is -2.24. The predicted octanol–water partition coefficient (Wildman–Crippen LogP) is 10.1. The average molecular weight is 755 g/mol. The van der Waals surface area contributed by atoms with Crippen molar-refractivity contribution in [3.8, 4) is 12.1 Å². The van der Waals surface area contributed by atoms with Gasteiger partial charge < -0.3 is 0 Å². The number of carbonyl (C=O) groups excluding carboxylic acids is 2. The number of hydrogen-bond acceptors (Lipinski definition) is 8. The number of aliphatic imine (C=N–C) groups is 2. The zero-order valence-corrected chi connectivity index (χ0v) is 29.9. The summed E-state index contributed by atoms with van der Waals surface area (Å²) in [6.45, 7) is 22.9. The van der Waals surface area contributed by atoms with Crippen LogP contribution in [-0.2, 0) is 5.41 Å². The number of thiophene rings is 2. The molecule has 0 unspecified atom stereocenters. The molecule has 4 aliphatic rings. The summed E-state index contributed by atoms with van der Waals surface area (Å²) in [6.07, 6.45) is 1.85. The van der Waals surface area contributed by atoms with Crippen LogP contribution < -0.4 is 0 Å². The number of nitrogens with zero attached hydrogens (tertiary/aromatic N) is 6. The van der Waals surface area contributed by atoms with Gasteiger partial charge in [0.15, 0.2) is 23.3 Å². The van der Waals surface area contributed by atoms with E-state index in [1.54, 1.807) is 18.2 Å². The van der Waals surface area contributed by atoms with Gasteiger partial charge in [0, 0.05) is 42.7 Å². The SMILES string of the molecule is [C-]#[N+]C(C#N)=C1C(=Nc2cc3sc4c(c3s2)C(C)(C)C2=C4C(C)(C)C(N=C3C(=O)c4cc(F)c(F)cc4/C3=C(/C#N)[N+]#[C-])=C2)C(=O)c2cc(F)c(F)cc21. The Kier molecular flexibility index (Phi) is 7.32. The number of ketones is 2. The van der Waals surface area contributed by atoms with Crippen LogP contribution in [0.5, 0.6) is 0 Å². The van der Waals surface area contributed by atoms with Crippen molar-refractivity contribution in [2.45, 2.75) is 33.1 Å². The molecule has 54 heavy (non-hydrogen) atoms. The minimum Gasteiger partial charge on any atom is -0.287 e. The number of carbonyl (C=O) groups is 2. The quantitative estimate of drug-likeness (QED) is 0.115. The highest BCUT2D eigenvalue weighted by Crippen LogP contribution is 2.64. The van der Waals surface area contributed by atoms with Crippen molar-refractivity contribution in [1.82, 2.24) is 0 Å². The zero-order valence-electron chi connectivity index (χ0n) is 28.3. The molecule has 0 radical (unpaired) electrons. The van der Waals surface area contributed by atoms with E-state index in [0.717, 1.165) is 55.3 Å². The summed E-state index contributed by atoms with van der Waals surface area (Å²) in [5.41, 5.74) is -0.521. The lowest BCUT2D eigenvalue weighted by atomic mass is 9.82. The standard InChI is InChI=1S/C40H18F4N6O2S2/c1-39(2)19-11-27(49-33-29(24(13-45)47-5)15-7-20(41)22(43)9-17(15)35(33)51)40(3,4)31(19)38-32(39)37-26(53-38)12-28(54-37)50-34-30(25(14-46)48-6)16-8-21(42)23(44)10-18(16)36(34)52/h7-12H,1-4H3/b29-24+,30-25?,49-33?,50-34?. The molecule has 0 N–H and O–H groups in total. The van der Waals surface area contributed by atoms with Gasteiger partial charge in [-0.2, -0.15) is 0 Å². The predicted molar refractivity (Wildman–Crippen MR) is 196 cm³/mol. The number of benzene rings is 2. The molecule has 0 aliphatic heterocycles. The van der Waals surface area contributed by atoms with Crippen LogP contribution in [0, 0.1) is 64.5 Å². The molecule has 8 rings (SSSR count). The molecule has 0 fully saturated rings. The Morgan fingerprint density at radius 2 is 1.20 bits per heavy atom. The first-order chi connectivity index (χ1) is 25.6. The van der Waals surface area contributed by atoms with Crippen molar-refractivity contribution in [1.29, 1.82) is 10.5 Å². The maximum absolute atomic E-state index is 14.4. The Balaban J connectivity index is 1.22. The summed E-state index contributed by atoms with van der Waals surface area (Å²) < 4.78 is 58.7. The molecule has 14 heteroatoms. The van der Waals surface area contributed by atoms with Crippen LogP contribution >= 0.6 is 22.7 Å². The number of allylic oxidation sites excluding steroid dienone is 7. The summed E-state index contributed by atoms with van der Waals surface area (Å²) in [5.74, 6) is -6.44. The number of Topliss-reactive ketones (excluding diaryl/α,β-unsaturated/α-hetero) is 2. The van der Waals surface area contributed by atoms with E-state index < -0.39 is 57.1 Å². The second-order valence-corrected chi connectivity index (χ2v) is 15.8. The molecule has 0 saturated heterocycles. The van der Waals surface area contributed by atoms with Gasteiger partial charge in [0.05, 0.1) is 35.7 Å². The van der Waals surface area contributed by atoms with Crippen LogP contribution in [0.25, 0.3) is 35.8 Å². The van der Waals surface area contributed by atoms with E-state index in [1.807, 2.05) is 33.8 Å². The fourth-order valence-corrected chi connectivity index (χ4v) is 10.6. The van der Waals surface area contributed by atoms with E-state index in [9.17, 15) is 37.7 Å². The molecule has 260 valence electrons. The molecule has 2 heterocycles. The van der Waals surface area contributed by atoms with Crippen LogP contribution in [0.15, 0.2) is 69.1 Å². The van der Waals surface area contributed by atoms with Crippen molar-refractivity contribution >= 4 is 76.8 Å². The molecule has 4 aromatic rings. The summed E-state index contributed by atoms with van der Waals surface area (Å²) in [5, 5.41) is 19.8. The lowest BCUT2D eigenvalue weighted by molar-refractivity contribution is 0.106. The van der Waals surface area contributed by atoms with Crippen molar-refractivity contribution in [3.63, 3.8) is 0 Å². The van der Waals surface area contributed by atoms with Gasteiger partial charge in [-0.25, -0.2) is 47.8 Å². The molecule has 4 aliphatic carbocycles. The Morgan fingerprint density at radius 3 is 1.69 bits per heavy atom. The molecule has 2 aromatic heterocycles. The Bertz CT molecular complexity index is 2930. The van der Waals surface area contributed by atoms with E-state index in [1.165, 1.54) is 22.7 Å². The van der Waals surface area contributed by atoms with Crippen molar-refractivity contribution in [2.24, 2.45) is 15.4 Å². The number of halogens is 4. The minimum absolute atomic E-state index is 0.0781. The fraction of sp³-hybridized carbons (Fsp3) is 0.150. The van der Waals surface area contributed by atoms with Gasteiger partial charge >= 0.3 is 0 Å². The number of rotatable bonds is 2. The van der Waals surface area contributed by atoms with Gasteiger partial charge in [-0.3, -0.25) is 9.59 Å². The van der Waals surface area contributed by atoms with E-state index in [4.69, 9.17) is 18.1 Å². The van der Waals surface area contributed by atoms with Gasteiger partial charge in [-0.1, -0.05) is 27.7 Å². The number of hydrogen-bond donors (Lipinski definition) is 0. The number of nitriles is 2. The van der Waals surface area contributed by atoms with Crippen molar-refractivity contribution < 1.29 is 27.2 Å². The first kappa shape index (κ1) is 34.5. The second kappa shape index (κ2) is 11.5. The third kappa shape index (κ3) is 4.48. The molecule has 0 spiro atoms. The third-order valence-corrected chi connectivity index (χ3v) is 12.4. The van der Waals surface area contributed by atoms with Crippen LogP contribution in [0.2, 0.25) is 0 Å². The summed E-state index contributed by atoms with van der Waals surface area (Å²) in [7, 11) is 0. The van der Waals surface area contributed by atoms with Gasteiger partial charge in [-0.05, 0) is 64.2 Å². The van der Waals surface area contributed by atoms with Gasteiger partial charge in [0.25, 0.3) is 11.4 Å². The first-order valence-corrected chi connectivity index (χ1v) is 17.6. The smallest absolute Gasteiger partial charge is 0.271 e. The Hall–Kier alpha value is -6.58. The maximum atomic E-state index is 14.4. The van der Waals surface area contributed by atoms with E-state index in [2.05, 4.69) is 14.7 Å². The maximum Gasteiger partial charge on any atom is 0.271 e. The molecule has 0 amide bonds. The van der Waals surface area contributed by atoms with Gasteiger partial charge in [0.1, 0.15) is 16.4 Å². The fourth-order valence-electron chi connectivity index (χ4n) is 7.55. The molecular weight excluding hydrogens is 737 g/mol. The second-order valence-electron chi connectivity index (χ2n) is 13.7. The number of fused-ring (bicyclic) bond motifs is 6. The summed E-state index contributed by atoms with van der Waals surface area (Å²) >= 11 is 2.75. The van der Waals surface area contributed by atoms with E-state index in [0.29, 0.717) is 10.7 Å². The topological polar surface area (TPSA) is 115 Å². The molecule has 0 atom stereocenters. The highest BCUT2D eigenvalue weighted by atomic mass is 32.1. The zero-order chi connectivity index (χ0) is 38.8. The Morgan fingerprint density at radius 1 is 0.722 bits per heavy atom. The van der Waals surface area contributed by atoms with Crippen molar-refractivity contribution in [3.05, 3.63) is 138 Å². The van der Waals surface area contributed by atoms with Crippen LogP contribution in [0.4, 0.5) is 22.6 Å². The highest BCUT2D eigenvalue weighted by Gasteiger charge is 2.50. The van der Waals surface area contributed by atoms with Crippen LogP contribution in [-0.4, -0.2) is 23.0 Å². The average Bonchev–Trinajstić information content (AvgIpc) is 3.90. The van der Waals surface area contributed by atoms with Gasteiger partial charge in [0.2, 0.25) is 11.6 Å². The van der Waals surface area contributed by atoms with E-state index in [-0.39, 0.29) is 44.8 Å². The van der Waals surface area contributed by atoms with Gasteiger partial charge in [-0.15, -0.1) is 22.7 Å². The monoisotopic (exact) mass is 754 g/mol. The normalized spacial score (nSPS) is 20.7. The molecule has 0 saturated carbocycles. The lowest BCUT2D eigenvalue weighted by Crippen LogP contribution is -2.16. The third-order valence-electron chi connectivity index (χ3n) is 10.1. The molecular formula is C40H18F4N6O2S2. The van der Waals surface area contributed by atoms with E-state index >= 15 is 0 Å². The molecule has 2 aromatic carbocycles. The first-order valence-electron chi connectivity index (χ1n) is 15.9. The Labute approximate surface area is 312 Å². The van der Waals surface area contributed by atoms with Crippen LogP contribution in [0.3, 0.4) is 0 Å². The summed E-state index contributed by atoms with van der Waals surface area (Å²) in [4.78, 5) is 43.8. The van der Waals surface area contributed by atoms with Crippen molar-refractivity contribution in [2.75, 3.05) is 0 Å². The molecule has 0 bridgehead atoms. The molecule has 8 nitrogen and oxygen atoms in total.